The first-order chi connectivity index (χ1) is 15.2. The van der Waals surface area contributed by atoms with Gasteiger partial charge in [0.15, 0.2) is 0 Å². The van der Waals surface area contributed by atoms with Crippen LogP contribution in [0, 0.1) is 11.6 Å². The quantitative estimate of drug-likeness (QED) is 0.346. The van der Waals surface area contributed by atoms with Gasteiger partial charge in [-0.2, -0.15) is 13.2 Å². The Morgan fingerprint density at radius 3 is 2.56 bits per heavy atom. The van der Waals surface area contributed by atoms with E-state index in [9.17, 15) is 26.7 Å². The van der Waals surface area contributed by atoms with Crippen LogP contribution in [-0.2, 0) is 19.3 Å². The third-order valence-corrected chi connectivity index (χ3v) is 4.69. The van der Waals surface area contributed by atoms with E-state index in [2.05, 4.69) is 11.9 Å². The van der Waals surface area contributed by atoms with Crippen LogP contribution in [0.3, 0.4) is 0 Å². The Kier molecular flexibility index (Phi) is 6.97. The van der Waals surface area contributed by atoms with E-state index in [0.717, 1.165) is 24.3 Å². The maximum atomic E-state index is 13.9. The zero-order chi connectivity index (χ0) is 23.3. The summed E-state index contributed by atoms with van der Waals surface area (Å²) in [6.45, 7) is 4.00. The van der Waals surface area contributed by atoms with Crippen molar-refractivity contribution >= 4 is 11.7 Å². The lowest BCUT2D eigenvalue weighted by molar-refractivity contribution is -0.137. The SMILES string of the molecule is C=CCN(Cc1cccn1Cc1cccc(C(F)(F)F)c1)C(=O)Nc1ccc(F)cc1F. The lowest BCUT2D eigenvalue weighted by Crippen LogP contribution is -2.35. The molecule has 0 aliphatic rings. The van der Waals surface area contributed by atoms with Gasteiger partial charge in [0.1, 0.15) is 11.6 Å². The summed E-state index contributed by atoms with van der Waals surface area (Å²) in [5.74, 6) is -1.68. The van der Waals surface area contributed by atoms with Gasteiger partial charge in [-0.25, -0.2) is 13.6 Å². The second-order valence-electron chi connectivity index (χ2n) is 7.05. The monoisotopic (exact) mass is 449 g/mol. The number of halogens is 5. The zero-order valence-electron chi connectivity index (χ0n) is 16.9. The van der Waals surface area contributed by atoms with Gasteiger partial charge in [-0.15, -0.1) is 6.58 Å². The second kappa shape index (κ2) is 9.67. The molecule has 0 aliphatic heterocycles. The number of rotatable bonds is 7. The highest BCUT2D eigenvalue weighted by atomic mass is 19.4. The summed E-state index contributed by atoms with van der Waals surface area (Å²) in [4.78, 5) is 14.0. The maximum Gasteiger partial charge on any atom is 0.416 e. The molecule has 1 aromatic heterocycles. The molecule has 0 spiro atoms. The van der Waals surface area contributed by atoms with Crippen molar-refractivity contribution in [3.05, 3.63) is 102 Å². The maximum absolute atomic E-state index is 13.9. The van der Waals surface area contributed by atoms with Gasteiger partial charge in [0.25, 0.3) is 0 Å². The van der Waals surface area contributed by atoms with Crippen molar-refractivity contribution in [2.75, 3.05) is 11.9 Å². The van der Waals surface area contributed by atoms with Crippen molar-refractivity contribution < 1.29 is 26.7 Å². The molecule has 0 atom stereocenters. The standard InChI is InChI=1S/C23H20F5N3O/c1-2-10-31(22(32)29-21-9-8-18(24)13-20(21)25)15-19-7-4-11-30(19)14-16-5-3-6-17(12-16)23(26,27)28/h2-9,11-13H,1,10,14-15H2,(H,29,32). The number of alkyl halides is 3. The van der Waals surface area contributed by atoms with Crippen LogP contribution in [0.5, 0.6) is 0 Å². The highest BCUT2D eigenvalue weighted by molar-refractivity contribution is 5.89. The molecule has 2 aromatic carbocycles. The van der Waals surface area contributed by atoms with Crippen molar-refractivity contribution in [2.24, 2.45) is 0 Å². The average Bonchev–Trinajstić information content (AvgIpc) is 3.16. The van der Waals surface area contributed by atoms with Crippen LogP contribution in [0.1, 0.15) is 16.8 Å². The van der Waals surface area contributed by atoms with Crippen molar-refractivity contribution in [1.29, 1.82) is 0 Å². The van der Waals surface area contributed by atoms with Crippen LogP contribution < -0.4 is 5.32 Å². The fraction of sp³-hybridized carbons (Fsp3) is 0.174. The summed E-state index contributed by atoms with van der Waals surface area (Å²) < 4.78 is 67.6. The predicted octanol–water partition coefficient (Wildman–Crippen LogP) is 6.05. The Hall–Kier alpha value is -3.62. The number of hydrogen-bond donors (Lipinski definition) is 1. The molecule has 0 bridgehead atoms. The Morgan fingerprint density at radius 1 is 1.09 bits per heavy atom. The summed E-state index contributed by atoms with van der Waals surface area (Å²) in [7, 11) is 0. The second-order valence-corrected chi connectivity index (χ2v) is 7.05. The van der Waals surface area contributed by atoms with Crippen molar-refractivity contribution in [3.8, 4) is 0 Å². The summed E-state index contributed by atoms with van der Waals surface area (Å²) in [5, 5.41) is 2.39. The molecule has 0 fully saturated rings. The topological polar surface area (TPSA) is 37.3 Å². The first kappa shape index (κ1) is 23.1. The number of carbonyl (C=O) groups is 1. The van der Waals surface area contributed by atoms with Gasteiger partial charge in [0.05, 0.1) is 17.8 Å². The number of anilines is 1. The van der Waals surface area contributed by atoms with E-state index >= 15 is 0 Å². The van der Waals surface area contributed by atoms with Gasteiger partial charge in [-0.05, 0) is 42.0 Å². The number of nitrogens with zero attached hydrogens (tertiary/aromatic N) is 2. The predicted molar refractivity (Wildman–Crippen MR) is 111 cm³/mol. The minimum atomic E-state index is -4.44. The fourth-order valence-electron chi connectivity index (χ4n) is 3.15. The van der Waals surface area contributed by atoms with Crippen LogP contribution in [-0.4, -0.2) is 22.0 Å². The largest absolute Gasteiger partial charge is 0.416 e. The van der Waals surface area contributed by atoms with Gasteiger partial charge in [-0.3, -0.25) is 0 Å². The third-order valence-electron chi connectivity index (χ3n) is 4.69. The number of benzene rings is 2. The number of aromatic nitrogens is 1. The van der Waals surface area contributed by atoms with Crippen molar-refractivity contribution in [3.63, 3.8) is 0 Å². The Morgan fingerprint density at radius 2 is 1.88 bits per heavy atom. The smallest absolute Gasteiger partial charge is 0.345 e. The van der Waals surface area contributed by atoms with E-state index in [0.29, 0.717) is 17.3 Å². The van der Waals surface area contributed by atoms with E-state index < -0.39 is 29.4 Å². The first-order valence-electron chi connectivity index (χ1n) is 9.59. The van der Waals surface area contributed by atoms with E-state index in [1.165, 1.54) is 17.0 Å². The van der Waals surface area contributed by atoms with Crippen LogP contribution in [0.15, 0.2) is 73.4 Å². The molecule has 0 radical (unpaired) electrons. The number of amides is 2. The lowest BCUT2D eigenvalue weighted by Gasteiger charge is -2.23. The summed E-state index contributed by atoms with van der Waals surface area (Å²) >= 11 is 0. The molecule has 1 heterocycles. The van der Waals surface area contributed by atoms with Gasteiger partial charge in [0.2, 0.25) is 0 Å². The average molecular weight is 449 g/mol. The number of urea groups is 1. The lowest BCUT2D eigenvalue weighted by atomic mass is 10.1. The number of nitrogens with one attached hydrogen (secondary N) is 1. The normalized spacial score (nSPS) is 11.3. The highest BCUT2D eigenvalue weighted by Crippen LogP contribution is 2.29. The third kappa shape index (κ3) is 5.75. The number of carbonyl (C=O) groups excluding carboxylic acids is 1. The van der Waals surface area contributed by atoms with Crippen LogP contribution in [0.2, 0.25) is 0 Å². The Labute approximate surface area is 181 Å². The first-order valence-corrected chi connectivity index (χ1v) is 9.59. The number of hydrogen-bond acceptors (Lipinski definition) is 1. The van der Waals surface area contributed by atoms with Crippen LogP contribution >= 0.6 is 0 Å². The molecule has 1 N–H and O–H groups in total. The zero-order valence-corrected chi connectivity index (χ0v) is 16.9. The minimum Gasteiger partial charge on any atom is -0.345 e. The molecule has 0 aliphatic carbocycles. The Balaban J connectivity index is 1.76. The molecule has 0 unspecified atom stereocenters. The van der Waals surface area contributed by atoms with E-state index in [-0.39, 0.29) is 25.3 Å². The molecule has 32 heavy (non-hydrogen) atoms. The fourth-order valence-corrected chi connectivity index (χ4v) is 3.15. The molecular weight excluding hydrogens is 429 g/mol. The van der Waals surface area contributed by atoms with Crippen molar-refractivity contribution in [1.82, 2.24) is 9.47 Å². The van der Waals surface area contributed by atoms with Gasteiger partial charge >= 0.3 is 12.2 Å². The van der Waals surface area contributed by atoms with Gasteiger partial charge < -0.3 is 14.8 Å². The van der Waals surface area contributed by atoms with E-state index in [1.54, 1.807) is 29.0 Å². The molecule has 9 heteroatoms. The van der Waals surface area contributed by atoms with E-state index in [4.69, 9.17) is 0 Å². The molecule has 4 nitrogen and oxygen atoms in total. The van der Waals surface area contributed by atoms with Gasteiger partial charge in [-0.1, -0.05) is 18.2 Å². The molecule has 3 rings (SSSR count). The highest BCUT2D eigenvalue weighted by Gasteiger charge is 2.30. The Bertz CT molecular complexity index is 1110. The minimum absolute atomic E-state index is 0.0899. The summed E-state index contributed by atoms with van der Waals surface area (Å²) in [5.41, 5.74) is 0.187. The molecule has 3 aromatic rings. The van der Waals surface area contributed by atoms with Crippen molar-refractivity contribution in [2.45, 2.75) is 19.3 Å². The van der Waals surface area contributed by atoms with Crippen LogP contribution in [0.25, 0.3) is 0 Å². The molecule has 0 saturated carbocycles. The van der Waals surface area contributed by atoms with E-state index in [1.807, 2.05) is 0 Å². The molecular formula is C23H20F5N3O. The molecule has 168 valence electrons. The van der Waals surface area contributed by atoms with Gasteiger partial charge in [0, 0.05) is 31.0 Å². The van der Waals surface area contributed by atoms with Crippen LogP contribution in [0.4, 0.5) is 32.4 Å². The molecule has 0 saturated heterocycles. The molecule has 2 amide bonds. The summed E-state index contributed by atoms with van der Waals surface area (Å²) in [6, 6.07) is 10.6. The summed E-state index contributed by atoms with van der Waals surface area (Å²) in [6.07, 6.45) is -1.26.